The normalized spacial score (nSPS) is 10.8. The lowest BCUT2D eigenvalue weighted by Gasteiger charge is -2.05. The molecule has 0 fully saturated rings. The molecule has 0 aromatic carbocycles. The number of aryl methyl sites for hydroxylation is 1. The summed E-state index contributed by atoms with van der Waals surface area (Å²) in [4.78, 5) is 10.9. The summed E-state index contributed by atoms with van der Waals surface area (Å²) in [6.07, 6.45) is 7.96. The zero-order valence-electron chi connectivity index (χ0n) is 11.4. The Morgan fingerprint density at radius 3 is 2.44 bits per heavy atom. The molecule has 0 atom stereocenters. The Morgan fingerprint density at radius 2 is 1.83 bits per heavy atom. The minimum atomic E-state index is -0.985. The fourth-order valence-electron chi connectivity index (χ4n) is 2.07. The lowest BCUT2D eigenvalue weighted by atomic mass is 10.1. The number of carbonyl (C=O) groups is 1. The number of hydrogen-bond donors (Lipinski definition) is 1. The Labute approximate surface area is 108 Å². The van der Waals surface area contributed by atoms with Crippen molar-refractivity contribution in [3.05, 3.63) is 11.4 Å². The van der Waals surface area contributed by atoms with Crippen LogP contribution in [-0.4, -0.2) is 26.1 Å². The van der Waals surface area contributed by atoms with Gasteiger partial charge >= 0.3 is 5.97 Å². The molecule has 0 amide bonds. The van der Waals surface area contributed by atoms with E-state index in [1.54, 1.807) is 4.68 Å². The minimum absolute atomic E-state index is 0.100. The van der Waals surface area contributed by atoms with E-state index in [4.69, 9.17) is 5.11 Å². The summed E-state index contributed by atoms with van der Waals surface area (Å²) < 4.78 is 1.74. The van der Waals surface area contributed by atoms with Crippen molar-refractivity contribution >= 4 is 5.97 Å². The highest BCUT2D eigenvalue weighted by atomic mass is 16.4. The van der Waals surface area contributed by atoms with Crippen LogP contribution in [0.1, 0.15) is 68.6 Å². The van der Waals surface area contributed by atoms with Crippen LogP contribution in [0, 0.1) is 0 Å². The maximum Gasteiger partial charge on any atom is 0.358 e. The van der Waals surface area contributed by atoms with Crippen LogP contribution >= 0.6 is 0 Å². The first-order chi connectivity index (χ1) is 8.70. The van der Waals surface area contributed by atoms with Crippen LogP contribution in [-0.2, 0) is 13.0 Å². The fraction of sp³-hybridized carbons (Fsp3) is 0.769. The molecule has 5 nitrogen and oxygen atoms in total. The fourth-order valence-corrected chi connectivity index (χ4v) is 2.07. The average molecular weight is 253 g/mol. The molecule has 0 saturated heterocycles. The smallest absolute Gasteiger partial charge is 0.358 e. The Hall–Kier alpha value is -1.39. The van der Waals surface area contributed by atoms with Gasteiger partial charge in [0.1, 0.15) is 0 Å². The predicted molar refractivity (Wildman–Crippen MR) is 69.7 cm³/mol. The number of carboxylic acids is 1. The Kier molecular flexibility index (Phi) is 6.39. The van der Waals surface area contributed by atoms with Gasteiger partial charge in [-0.05, 0) is 12.8 Å². The molecule has 1 rings (SSSR count). The maximum absolute atomic E-state index is 10.9. The third-order valence-electron chi connectivity index (χ3n) is 3.10. The monoisotopic (exact) mass is 253 g/mol. The summed E-state index contributed by atoms with van der Waals surface area (Å²) in [6, 6.07) is 0. The summed E-state index contributed by atoms with van der Waals surface area (Å²) in [6.45, 7) is 4.91. The van der Waals surface area contributed by atoms with Crippen molar-refractivity contribution in [1.82, 2.24) is 15.0 Å². The van der Waals surface area contributed by atoms with Crippen molar-refractivity contribution in [1.29, 1.82) is 0 Å². The Balaban J connectivity index is 2.40. The molecule has 0 radical (unpaired) electrons. The topological polar surface area (TPSA) is 68.0 Å². The first kappa shape index (κ1) is 14.7. The van der Waals surface area contributed by atoms with E-state index >= 15 is 0 Å². The molecule has 0 aliphatic rings. The van der Waals surface area contributed by atoms with E-state index in [1.165, 1.54) is 32.1 Å². The van der Waals surface area contributed by atoms with Crippen molar-refractivity contribution in [3.63, 3.8) is 0 Å². The molecule has 1 aromatic rings. The molecule has 5 heteroatoms. The first-order valence-electron chi connectivity index (χ1n) is 6.86. The van der Waals surface area contributed by atoms with Crippen LogP contribution in [0.5, 0.6) is 0 Å². The summed E-state index contributed by atoms with van der Waals surface area (Å²) in [5.74, 6) is -0.985. The van der Waals surface area contributed by atoms with Crippen LogP contribution in [0.2, 0.25) is 0 Å². The maximum atomic E-state index is 10.9. The number of hydrogen-bond acceptors (Lipinski definition) is 3. The van der Waals surface area contributed by atoms with Crippen LogP contribution in [0.3, 0.4) is 0 Å². The van der Waals surface area contributed by atoms with E-state index in [0.29, 0.717) is 6.42 Å². The highest BCUT2D eigenvalue weighted by molar-refractivity contribution is 5.86. The average Bonchev–Trinajstić information content (AvgIpc) is 2.76. The van der Waals surface area contributed by atoms with E-state index in [9.17, 15) is 4.79 Å². The van der Waals surface area contributed by atoms with Crippen LogP contribution in [0.4, 0.5) is 0 Å². The predicted octanol–water partition coefficient (Wildman–Crippen LogP) is 2.90. The molecule has 1 N–H and O–H groups in total. The minimum Gasteiger partial charge on any atom is -0.476 e. The number of rotatable bonds is 9. The van der Waals surface area contributed by atoms with E-state index < -0.39 is 5.97 Å². The summed E-state index contributed by atoms with van der Waals surface area (Å²) in [5, 5.41) is 16.6. The van der Waals surface area contributed by atoms with Gasteiger partial charge in [0, 0.05) is 6.54 Å². The molecule has 1 heterocycles. The third-order valence-corrected chi connectivity index (χ3v) is 3.10. The standard InChI is InChI=1S/C13H23N3O2/c1-3-5-6-7-8-9-10-16-11(4-2)12(13(17)18)14-15-16/h3-10H2,1-2H3,(H,17,18). The number of carboxylic acid groups (broad SMARTS) is 1. The zero-order chi connectivity index (χ0) is 13.4. The van der Waals surface area contributed by atoms with Crippen molar-refractivity contribution in [2.75, 3.05) is 0 Å². The van der Waals surface area contributed by atoms with Gasteiger partial charge in [0.15, 0.2) is 5.69 Å². The van der Waals surface area contributed by atoms with Gasteiger partial charge in [0.05, 0.1) is 5.69 Å². The van der Waals surface area contributed by atoms with Crippen LogP contribution < -0.4 is 0 Å². The van der Waals surface area contributed by atoms with Crippen molar-refractivity contribution in [2.45, 2.75) is 65.3 Å². The molecule has 0 saturated carbocycles. The number of nitrogens with zero attached hydrogens (tertiary/aromatic N) is 3. The van der Waals surface area contributed by atoms with Gasteiger partial charge in [0.25, 0.3) is 0 Å². The van der Waals surface area contributed by atoms with Crippen LogP contribution in [0.15, 0.2) is 0 Å². The number of unbranched alkanes of at least 4 members (excludes halogenated alkanes) is 5. The largest absolute Gasteiger partial charge is 0.476 e. The summed E-state index contributed by atoms with van der Waals surface area (Å²) >= 11 is 0. The van der Waals surface area contributed by atoms with Gasteiger partial charge in [0.2, 0.25) is 0 Å². The molecule has 0 aliphatic heterocycles. The molecular formula is C13H23N3O2. The van der Waals surface area contributed by atoms with Crippen molar-refractivity contribution in [3.8, 4) is 0 Å². The second kappa shape index (κ2) is 7.84. The lowest BCUT2D eigenvalue weighted by molar-refractivity contribution is 0.0689. The molecule has 0 aliphatic carbocycles. The zero-order valence-corrected chi connectivity index (χ0v) is 11.4. The SMILES string of the molecule is CCCCCCCCn1nnc(C(=O)O)c1CC. The van der Waals surface area contributed by atoms with E-state index in [2.05, 4.69) is 17.2 Å². The quantitative estimate of drug-likeness (QED) is 0.687. The highest BCUT2D eigenvalue weighted by Gasteiger charge is 2.16. The van der Waals surface area contributed by atoms with Gasteiger partial charge in [-0.1, -0.05) is 51.2 Å². The van der Waals surface area contributed by atoms with Gasteiger partial charge in [-0.25, -0.2) is 9.48 Å². The van der Waals surface area contributed by atoms with Gasteiger partial charge in [-0.2, -0.15) is 0 Å². The molecule has 0 unspecified atom stereocenters. The molecule has 0 bridgehead atoms. The van der Waals surface area contributed by atoms with Gasteiger partial charge in [-0.15, -0.1) is 5.10 Å². The molecule has 18 heavy (non-hydrogen) atoms. The molecule has 1 aromatic heterocycles. The third kappa shape index (κ3) is 4.13. The van der Waals surface area contributed by atoms with Gasteiger partial charge in [-0.3, -0.25) is 0 Å². The van der Waals surface area contributed by atoms with E-state index in [-0.39, 0.29) is 5.69 Å². The van der Waals surface area contributed by atoms with Crippen molar-refractivity contribution < 1.29 is 9.90 Å². The first-order valence-corrected chi connectivity index (χ1v) is 6.86. The van der Waals surface area contributed by atoms with E-state index in [0.717, 1.165) is 18.7 Å². The van der Waals surface area contributed by atoms with Crippen LogP contribution in [0.25, 0.3) is 0 Å². The Morgan fingerprint density at radius 1 is 1.17 bits per heavy atom. The molecule has 0 spiro atoms. The molecule has 102 valence electrons. The highest BCUT2D eigenvalue weighted by Crippen LogP contribution is 2.10. The number of aromatic carboxylic acids is 1. The van der Waals surface area contributed by atoms with Gasteiger partial charge < -0.3 is 5.11 Å². The van der Waals surface area contributed by atoms with Crippen molar-refractivity contribution in [2.24, 2.45) is 0 Å². The second-order valence-corrected chi connectivity index (χ2v) is 4.53. The summed E-state index contributed by atoms with van der Waals surface area (Å²) in [7, 11) is 0. The second-order valence-electron chi connectivity index (χ2n) is 4.53. The van der Waals surface area contributed by atoms with E-state index in [1.807, 2.05) is 6.92 Å². The molecular weight excluding hydrogens is 230 g/mol. The Bertz CT molecular complexity index is 374. The summed E-state index contributed by atoms with van der Waals surface area (Å²) in [5.41, 5.74) is 0.833. The number of aromatic nitrogens is 3. The lowest BCUT2D eigenvalue weighted by Crippen LogP contribution is -2.07.